The third-order valence-corrected chi connectivity index (χ3v) is 5.20. The molecule has 0 bridgehead atoms. The van der Waals surface area contributed by atoms with Gasteiger partial charge in [0.2, 0.25) is 11.0 Å². The number of aliphatic hydroxyl groups excluding tert-OH is 1. The first-order chi connectivity index (χ1) is 13.2. The molecule has 0 spiro atoms. The van der Waals surface area contributed by atoms with Crippen LogP contribution in [-0.2, 0) is 11.4 Å². The lowest BCUT2D eigenvalue weighted by molar-refractivity contribution is -0.117. The molecule has 2 N–H and O–H groups in total. The van der Waals surface area contributed by atoms with Crippen LogP contribution in [0.3, 0.4) is 0 Å². The maximum absolute atomic E-state index is 12.1. The van der Waals surface area contributed by atoms with Gasteiger partial charge >= 0.3 is 0 Å². The molecule has 0 saturated carbocycles. The van der Waals surface area contributed by atoms with Gasteiger partial charge in [0.25, 0.3) is 0 Å². The van der Waals surface area contributed by atoms with Crippen molar-refractivity contribution in [2.75, 3.05) is 42.9 Å². The van der Waals surface area contributed by atoms with Crippen molar-refractivity contribution in [1.29, 1.82) is 0 Å². The van der Waals surface area contributed by atoms with Gasteiger partial charge in [-0.3, -0.25) is 15.0 Å². The number of aromatic nitrogens is 3. The third-order valence-electron chi connectivity index (χ3n) is 4.60. The van der Waals surface area contributed by atoms with Crippen molar-refractivity contribution in [3.05, 3.63) is 41.4 Å². The fourth-order valence-corrected chi connectivity index (χ4v) is 3.71. The van der Waals surface area contributed by atoms with Gasteiger partial charge in [-0.25, -0.2) is 4.98 Å². The molecule has 0 radical (unpaired) electrons. The molecule has 3 heterocycles. The summed E-state index contributed by atoms with van der Waals surface area (Å²) in [6.45, 7) is 3.30. The fraction of sp³-hybridized carbons (Fsp3) is 0.333. The van der Waals surface area contributed by atoms with Gasteiger partial charge in [0, 0.05) is 37.1 Å². The Bertz CT molecular complexity index is 925. The molecule has 27 heavy (non-hydrogen) atoms. The Kier molecular flexibility index (Phi) is 5.23. The lowest BCUT2D eigenvalue weighted by Gasteiger charge is -2.35. The van der Waals surface area contributed by atoms with Crippen molar-refractivity contribution in [3.63, 3.8) is 0 Å². The van der Waals surface area contributed by atoms with Crippen LogP contribution in [0.5, 0.6) is 0 Å². The maximum atomic E-state index is 12.1. The van der Waals surface area contributed by atoms with Gasteiger partial charge in [-0.2, -0.15) is 0 Å². The van der Waals surface area contributed by atoms with Gasteiger partial charge < -0.3 is 10.0 Å². The molecule has 1 fully saturated rings. The molecule has 8 nitrogen and oxygen atoms in total. The maximum Gasteiger partial charge on any atom is 0.240 e. The summed E-state index contributed by atoms with van der Waals surface area (Å²) in [6, 6.07) is 9.91. The van der Waals surface area contributed by atoms with Crippen LogP contribution in [0.1, 0.15) is 5.56 Å². The van der Waals surface area contributed by atoms with Gasteiger partial charge in [-0.1, -0.05) is 29.5 Å². The molecule has 1 amide bonds. The average Bonchev–Trinajstić information content (AvgIpc) is 3.20. The van der Waals surface area contributed by atoms with Crippen LogP contribution < -0.4 is 10.2 Å². The topological polar surface area (TPSA) is 94.5 Å². The van der Waals surface area contributed by atoms with E-state index in [0.717, 1.165) is 48.5 Å². The number of hydrogen-bond donors (Lipinski definition) is 2. The number of piperazine rings is 1. The van der Waals surface area contributed by atoms with E-state index in [4.69, 9.17) is 4.98 Å². The molecule has 1 saturated heterocycles. The molecule has 1 aliphatic rings. The first-order valence-corrected chi connectivity index (χ1v) is 9.64. The fourth-order valence-electron chi connectivity index (χ4n) is 3.25. The first-order valence-electron chi connectivity index (χ1n) is 8.76. The predicted octanol–water partition coefficient (Wildman–Crippen LogP) is 1.34. The van der Waals surface area contributed by atoms with E-state index in [1.165, 1.54) is 11.3 Å². The summed E-state index contributed by atoms with van der Waals surface area (Å²) in [5.41, 5.74) is 3.34. The number of fused-ring (bicyclic) bond motifs is 1. The number of anilines is 2. The van der Waals surface area contributed by atoms with Gasteiger partial charge in [0.15, 0.2) is 0 Å². The van der Waals surface area contributed by atoms with Crippen LogP contribution in [0.25, 0.3) is 10.9 Å². The molecular formula is C18H20N6O2S. The van der Waals surface area contributed by atoms with E-state index in [1.54, 1.807) is 5.51 Å². The van der Waals surface area contributed by atoms with E-state index in [1.807, 2.05) is 30.3 Å². The second-order valence-electron chi connectivity index (χ2n) is 6.38. The summed E-state index contributed by atoms with van der Waals surface area (Å²) in [4.78, 5) is 21.1. The number of carbonyl (C=O) groups is 1. The highest BCUT2D eigenvalue weighted by Crippen LogP contribution is 2.24. The lowest BCUT2D eigenvalue weighted by atomic mass is 10.1. The molecule has 0 unspecified atom stereocenters. The van der Waals surface area contributed by atoms with E-state index in [-0.39, 0.29) is 12.5 Å². The Morgan fingerprint density at radius 3 is 2.78 bits per heavy atom. The van der Waals surface area contributed by atoms with Crippen molar-refractivity contribution in [2.45, 2.75) is 6.61 Å². The molecular weight excluding hydrogens is 364 g/mol. The molecule has 9 heteroatoms. The highest BCUT2D eigenvalue weighted by atomic mass is 32.1. The Labute approximate surface area is 160 Å². The second-order valence-corrected chi connectivity index (χ2v) is 7.21. The summed E-state index contributed by atoms with van der Waals surface area (Å²) in [5, 5.41) is 21.6. The smallest absolute Gasteiger partial charge is 0.240 e. The van der Waals surface area contributed by atoms with Crippen LogP contribution in [0, 0.1) is 0 Å². The summed E-state index contributed by atoms with van der Waals surface area (Å²) >= 11 is 1.30. The monoisotopic (exact) mass is 384 g/mol. The Morgan fingerprint density at radius 2 is 2.04 bits per heavy atom. The molecule has 140 valence electrons. The zero-order valence-corrected chi connectivity index (χ0v) is 15.5. The number of amides is 1. The van der Waals surface area contributed by atoms with Gasteiger partial charge in [0.1, 0.15) is 11.3 Å². The number of rotatable bonds is 5. The van der Waals surface area contributed by atoms with Crippen molar-refractivity contribution in [2.24, 2.45) is 0 Å². The van der Waals surface area contributed by atoms with E-state index in [0.29, 0.717) is 11.7 Å². The first kappa shape index (κ1) is 17.8. The van der Waals surface area contributed by atoms with Crippen molar-refractivity contribution >= 4 is 39.1 Å². The Morgan fingerprint density at radius 1 is 1.22 bits per heavy atom. The van der Waals surface area contributed by atoms with Crippen LogP contribution >= 0.6 is 11.3 Å². The standard InChI is InChI=1S/C18H20N6O2S/c25-11-14-9-13-3-1-2-4-15(13)20-17(14)24-7-5-23(6-8-24)10-16(26)21-18-22-19-12-27-18/h1-4,9,12,25H,5-8,10-11H2,(H,21,22,26). The number of hydrogen-bond acceptors (Lipinski definition) is 8. The molecule has 0 aliphatic carbocycles. The van der Waals surface area contributed by atoms with Gasteiger partial charge in [0.05, 0.1) is 18.7 Å². The average molecular weight is 384 g/mol. The van der Waals surface area contributed by atoms with Gasteiger partial charge in [-0.15, -0.1) is 10.2 Å². The minimum Gasteiger partial charge on any atom is -0.392 e. The Hall–Kier alpha value is -2.62. The number of pyridine rings is 1. The summed E-state index contributed by atoms with van der Waals surface area (Å²) in [5.74, 6) is 0.745. The van der Waals surface area contributed by atoms with Crippen molar-refractivity contribution in [1.82, 2.24) is 20.1 Å². The number of benzene rings is 1. The number of nitrogens with zero attached hydrogens (tertiary/aromatic N) is 5. The van der Waals surface area contributed by atoms with Crippen LogP contribution in [0.2, 0.25) is 0 Å². The molecule has 1 aliphatic heterocycles. The lowest BCUT2D eigenvalue weighted by Crippen LogP contribution is -2.49. The number of aliphatic hydroxyl groups is 1. The Balaban J connectivity index is 1.40. The number of para-hydroxylation sites is 1. The zero-order valence-electron chi connectivity index (χ0n) is 14.7. The minimum atomic E-state index is -0.0833. The van der Waals surface area contributed by atoms with Crippen molar-refractivity contribution in [3.8, 4) is 0 Å². The van der Waals surface area contributed by atoms with Crippen LogP contribution in [0.15, 0.2) is 35.8 Å². The molecule has 1 aromatic carbocycles. The summed E-state index contributed by atoms with van der Waals surface area (Å²) in [6.07, 6.45) is 0. The molecule has 4 rings (SSSR count). The SMILES string of the molecule is O=C(CN1CCN(c2nc3ccccc3cc2CO)CC1)Nc1nncs1. The minimum absolute atomic E-state index is 0.0440. The van der Waals surface area contributed by atoms with E-state index in [2.05, 4.69) is 25.3 Å². The normalized spacial score (nSPS) is 15.2. The van der Waals surface area contributed by atoms with Crippen LogP contribution in [-0.4, -0.2) is 63.8 Å². The highest BCUT2D eigenvalue weighted by Gasteiger charge is 2.22. The van der Waals surface area contributed by atoms with E-state index >= 15 is 0 Å². The predicted molar refractivity (Wildman–Crippen MR) is 105 cm³/mol. The van der Waals surface area contributed by atoms with Crippen LogP contribution in [0.4, 0.5) is 10.9 Å². The molecule has 0 atom stereocenters. The third kappa shape index (κ3) is 4.05. The number of nitrogens with one attached hydrogen (secondary N) is 1. The van der Waals surface area contributed by atoms with E-state index in [9.17, 15) is 9.90 Å². The zero-order chi connectivity index (χ0) is 18.6. The van der Waals surface area contributed by atoms with Crippen molar-refractivity contribution < 1.29 is 9.90 Å². The summed E-state index contributed by atoms with van der Waals surface area (Å²) in [7, 11) is 0. The van der Waals surface area contributed by atoms with E-state index < -0.39 is 0 Å². The highest BCUT2D eigenvalue weighted by molar-refractivity contribution is 7.13. The molecule has 3 aromatic rings. The van der Waals surface area contributed by atoms with Gasteiger partial charge in [-0.05, 0) is 12.1 Å². The number of carbonyl (C=O) groups excluding carboxylic acids is 1. The largest absolute Gasteiger partial charge is 0.392 e. The summed E-state index contributed by atoms with van der Waals surface area (Å²) < 4.78 is 0. The quantitative estimate of drug-likeness (QED) is 0.685. The molecule has 2 aromatic heterocycles. The second kappa shape index (κ2) is 7.95.